The Morgan fingerprint density at radius 1 is 0.792 bits per heavy atom. The molecule has 1 fully saturated rings. The molecule has 0 bridgehead atoms. The van der Waals surface area contributed by atoms with Crippen molar-refractivity contribution in [2.75, 3.05) is 13.2 Å². The summed E-state index contributed by atoms with van der Waals surface area (Å²) in [5, 5.41) is 20.6. The smallest absolute Gasteiger partial charge is 0.462 e. The van der Waals surface area contributed by atoms with E-state index >= 15 is 0 Å². The predicted octanol–water partition coefficient (Wildman–Crippen LogP) is 8.77. The molecule has 0 heterocycles. The Balaban J connectivity index is 2.29. The number of phosphoric ester groups is 1. The van der Waals surface area contributed by atoms with Gasteiger partial charge in [0.05, 0.1) is 18.8 Å². The van der Waals surface area contributed by atoms with Crippen molar-refractivity contribution < 1.29 is 52.9 Å². The molecule has 0 radical (unpaired) electrons. The SMILES string of the molecule is CCCCCC/C=C\C=C/CCCCCCCC(=O)O[C@H](COC(=O)CCCCCC[C@H]1C(=O)C[C@@H](O)[C@@H]1/C=C/[C@@H](O)CCCCC)COP(=O)(O)O. The number of aliphatic hydroxyl groups excluding tert-OH is 2. The second-order valence-corrected chi connectivity index (χ2v) is 15.7. The molecule has 53 heavy (non-hydrogen) atoms. The fraction of sp³-hybridized carbons (Fsp3) is 0.780. The molecule has 0 aromatic rings. The summed E-state index contributed by atoms with van der Waals surface area (Å²) in [4.78, 5) is 55.5. The molecule has 1 aliphatic rings. The van der Waals surface area contributed by atoms with Crippen LogP contribution in [0.3, 0.4) is 0 Å². The first kappa shape index (κ1) is 48.9. The van der Waals surface area contributed by atoms with Gasteiger partial charge in [-0.2, -0.15) is 0 Å². The van der Waals surface area contributed by atoms with Gasteiger partial charge in [-0.05, 0) is 51.4 Å². The van der Waals surface area contributed by atoms with Crippen LogP contribution in [0.1, 0.15) is 162 Å². The Labute approximate surface area is 319 Å². The number of carbonyl (C=O) groups is 3. The van der Waals surface area contributed by atoms with Gasteiger partial charge in [-0.15, -0.1) is 0 Å². The first-order chi connectivity index (χ1) is 25.5. The third-order valence-corrected chi connectivity index (χ3v) is 10.0. The van der Waals surface area contributed by atoms with Gasteiger partial charge in [0, 0.05) is 31.1 Å². The van der Waals surface area contributed by atoms with Crippen LogP contribution in [-0.2, 0) is 32.9 Å². The van der Waals surface area contributed by atoms with Gasteiger partial charge in [-0.25, -0.2) is 4.57 Å². The zero-order valence-corrected chi connectivity index (χ0v) is 33.5. The highest BCUT2D eigenvalue weighted by atomic mass is 31.2. The zero-order chi connectivity index (χ0) is 39.2. The van der Waals surface area contributed by atoms with Crippen molar-refractivity contribution in [3.05, 3.63) is 36.5 Å². The van der Waals surface area contributed by atoms with Crippen molar-refractivity contribution in [3.8, 4) is 0 Å². The molecule has 5 atom stereocenters. The minimum absolute atomic E-state index is 0.0417. The molecule has 306 valence electrons. The van der Waals surface area contributed by atoms with Gasteiger partial charge in [0.1, 0.15) is 12.4 Å². The van der Waals surface area contributed by atoms with E-state index < -0.39 is 44.7 Å². The lowest BCUT2D eigenvalue weighted by molar-refractivity contribution is -0.161. The summed E-state index contributed by atoms with van der Waals surface area (Å²) in [6, 6.07) is 0. The van der Waals surface area contributed by atoms with E-state index in [4.69, 9.17) is 19.3 Å². The Morgan fingerprint density at radius 3 is 2.00 bits per heavy atom. The van der Waals surface area contributed by atoms with E-state index in [1.165, 1.54) is 25.7 Å². The Bertz CT molecular complexity index is 1120. The largest absolute Gasteiger partial charge is 0.469 e. The van der Waals surface area contributed by atoms with Gasteiger partial charge >= 0.3 is 19.8 Å². The second kappa shape index (κ2) is 31.1. The summed E-state index contributed by atoms with van der Waals surface area (Å²) in [7, 11) is -4.82. The van der Waals surface area contributed by atoms with Gasteiger partial charge in [0.15, 0.2) is 6.10 Å². The topological polar surface area (TPSA) is 177 Å². The molecule has 0 spiro atoms. The number of allylic oxidation sites excluding steroid dienone is 4. The number of carbonyl (C=O) groups excluding carboxylic acids is 3. The highest BCUT2D eigenvalue weighted by molar-refractivity contribution is 7.46. The van der Waals surface area contributed by atoms with Crippen LogP contribution in [0.2, 0.25) is 0 Å². The summed E-state index contributed by atoms with van der Waals surface area (Å²) in [6.45, 7) is 3.34. The zero-order valence-electron chi connectivity index (χ0n) is 32.6. The van der Waals surface area contributed by atoms with Gasteiger partial charge in [-0.3, -0.25) is 18.9 Å². The molecule has 0 unspecified atom stereocenters. The Kier molecular flexibility index (Phi) is 28.7. The third kappa shape index (κ3) is 27.1. The molecule has 1 saturated carbocycles. The van der Waals surface area contributed by atoms with Crippen molar-refractivity contribution in [2.24, 2.45) is 11.8 Å². The summed E-state index contributed by atoms with van der Waals surface area (Å²) >= 11 is 0. The first-order valence-electron chi connectivity index (χ1n) is 20.4. The van der Waals surface area contributed by atoms with Crippen molar-refractivity contribution in [1.82, 2.24) is 0 Å². The summed E-state index contributed by atoms with van der Waals surface area (Å²) in [5.74, 6) is -1.60. The average molecular weight is 771 g/mol. The molecule has 0 aromatic heterocycles. The van der Waals surface area contributed by atoms with Gasteiger partial charge in [-0.1, -0.05) is 127 Å². The van der Waals surface area contributed by atoms with Gasteiger partial charge < -0.3 is 29.5 Å². The quantitative estimate of drug-likeness (QED) is 0.0165. The number of phosphoric acid groups is 1. The monoisotopic (exact) mass is 770 g/mol. The predicted molar refractivity (Wildman–Crippen MR) is 208 cm³/mol. The molecule has 0 aliphatic heterocycles. The van der Waals surface area contributed by atoms with Gasteiger partial charge in [0.2, 0.25) is 0 Å². The van der Waals surface area contributed by atoms with E-state index in [0.29, 0.717) is 25.7 Å². The van der Waals surface area contributed by atoms with Crippen LogP contribution >= 0.6 is 7.82 Å². The average Bonchev–Trinajstić information content (AvgIpc) is 3.38. The maximum absolute atomic E-state index is 12.5. The van der Waals surface area contributed by atoms with Crippen LogP contribution < -0.4 is 0 Å². The number of hydrogen-bond donors (Lipinski definition) is 4. The van der Waals surface area contributed by atoms with Crippen molar-refractivity contribution >= 4 is 25.5 Å². The number of aliphatic hydroxyl groups is 2. The molecule has 0 saturated heterocycles. The molecule has 12 heteroatoms. The third-order valence-electron chi connectivity index (χ3n) is 9.55. The van der Waals surface area contributed by atoms with E-state index in [1.807, 2.05) is 0 Å². The van der Waals surface area contributed by atoms with E-state index in [2.05, 4.69) is 42.7 Å². The standard InChI is InChI=1S/C41H71O11P/c1-3-5-7-8-9-10-11-12-13-14-15-16-17-18-24-28-41(46)52-35(33-51-53(47,48)49)32-50-40(45)27-23-20-19-22-26-36-37(39(44)31-38(36)43)30-29-34(42)25-21-6-4-2/h10-13,29-30,34-37,39,42,44H,3-9,14-28,31-33H2,1-2H3,(H2,47,48,49)/b11-10-,13-12-,30-29+/t34-,35+,36+,37+,39+/m0/s1. The highest BCUT2D eigenvalue weighted by Crippen LogP contribution is 2.36. The van der Waals surface area contributed by atoms with E-state index in [1.54, 1.807) is 12.2 Å². The molecule has 1 rings (SSSR count). The van der Waals surface area contributed by atoms with Crippen molar-refractivity contribution in [2.45, 2.75) is 180 Å². The van der Waals surface area contributed by atoms with Crippen LogP contribution in [0, 0.1) is 11.8 Å². The van der Waals surface area contributed by atoms with E-state index in [0.717, 1.165) is 77.0 Å². The minimum atomic E-state index is -4.82. The number of hydrogen-bond acceptors (Lipinski definition) is 9. The number of Topliss-reactive ketones (excluding diaryl/α,β-unsaturated/α-hetero) is 1. The van der Waals surface area contributed by atoms with E-state index in [9.17, 15) is 29.2 Å². The maximum Gasteiger partial charge on any atom is 0.469 e. The molecule has 0 amide bonds. The summed E-state index contributed by atoms with van der Waals surface area (Å²) in [6.07, 6.45) is 29.1. The summed E-state index contributed by atoms with van der Waals surface area (Å²) in [5.41, 5.74) is 0. The van der Waals surface area contributed by atoms with Crippen LogP contribution in [0.4, 0.5) is 0 Å². The van der Waals surface area contributed by atoms with Gasteiger partial charge in [0.25, 0.3) is 0 Å². The van der Waals surface area contributed by atoms with E-state index in [-0.39, 0.29) is 43.5 Å². The number of ether oxygens (including phenoxy) is 2. The lowest BCUT2D eigenvalue weighted by atomic mass is 9.88. The second-order valence-electron chi connectivity index (χ2n) is 14.4. The molecular formula is C41H71O11P. The van der Waals surface area contributed by atoms with Crippen LogP contribution in [0.15, 0.2) is 36.5 Å². The molecule has 4 N–H and O–H groups in total. The fourth-order valence-corrected chi connectivity index (χ4v) is 6.80. The molecule has 0 aromatic carbocycles. The molecule has 1 aliphatic carbocycles. The number of unbranched alkanes of at least 4 members (excludes halogenated alkanes) is 14. The fourth-order valence-electron chi connectivity index (χ4n) is 6.44. The van der Waals surface area contributed by atoms with Crippen molar-refractivity contribution in [3.63, 3.8) is 0 Å². The maximum atomic E-state index is 12.5. The number of rotatable bonds is 33. The lowest BCUT2D eigenvalue weighted by Gasteiger charge is -2.18. The molecule has 11 nitrogen and oxygen atoms in total. The first-order valence-corrected chi connectivity index (χ1v) is 21.9. The van der Waals surface area contributed by atoms with Crippen LogP contribution in [0.25, 0.3) is 0 Å². The summed E-state index contributed by atoms with van der Waals surface area (Å²) < 4.78 is 26.3. The Hall–Kier alpha value is -2.14. The highest BCUT2D eigenvalue weighted by Gasteiger charge is 2.39. The minimum Gasteiger partial charge on any atom is -0.462 e. The number of esters is 2. The number of ketones is 1. The molecular weight excluding hydrogens is 699 g/mol. The Morgan fingerprint density at radius 2 is 1.36 bits per heavy atom. The lowest BCUT2D eigenvalue weighted by Crippen LogP contribution is -2.29. The van der Waals surface area contributed by atoms with Crippen molar-refractivity contribution in [1.29, 1.82) is 0 Å². The normalized spacial score (nSPS) is 19.1. The van der Waals surface area contributed by atoms with Crippen LogP contribution in [-0.4, -0.2) is 69.2 Å². The van der Waals surface area contributed by atoms with Crippen LogP contribution in [0.5, 0.6) is 0 Å².